The molecule has 32 heavy (non-hydrogen) atoms. The largest absolute Gasteiger partial charge is 0.402 e. The third-order valence-corrected chi connectivity index (χ3v) is 5.32. The van der Waals surface area contributed by atoms with E-state index in [1.54, 1.807) is 0 Å². The monoisotopic (exact) mass is 554 g/mol. The standard InChI is InChI=1S/C17H4Cl4F10O/c18-5-1-3(11(22)9(20)13(5)24)7(16(26,27)28)15(32)8(17(29,30)31)4-2-6(19)14(25)10(21)12(4)23/h1-2,7-8H. The molecular formula is C17H4Cl4F10O. The summed E-state index contributed by atoms with van der Waals surface area (Å²) >= 11 is 21.0. The molecule has 2 atom stereocenters. The molecular weight excluding hydrogens is 552 g/mol. The molecule has 0 bridgehead atoms. The third-order valence-electron chi connectivity index (χ3n) is 4.11. The van der Waals surface area contributed by atoms with Crippen LogP contribution in [0.3, 0.4) is 0 Å². The Labute approximate surface area is 191 Å². The van der Waals surface area contributed by atoms with Crippen LogP contribution in [0.2, 0.25) is 20.1 Å². The lowest BCUT2D eigenvalue weighted by Crippen LogP contribution is -2.39. The van der Waals surface area contributed by atoms with Crippen LogP contribution in [0.25, 0.3) is 0 Å². The number of halogens is 14. The number of alkyl halides is 6. The normalized spacial score (nSPS) is 14.4. The fraction of sp³-hybridized carbons (Fsp3) is 0.235. The number of carbonyl (C=O) groups excluding carboxylic acids is 1. The minimum Gasteiger partial charge on any atom is -0.298 e. The second-order valence-corrected chi connectivity index (χ2v) is 7.70. The average molecular weight is 556 g/mol. The molecule has 2 aromatic carbocycles. The highest BCUT2D eigenvalue weighted by Crippen LogP contribution is 2.48. The molecule has 1 nitrogen and oxygen atoms in total. The highest BCUT2D eigenvalue weighted by Gasteiger charge is 2.57. The van der Waals surface area contributed by atoms with E-state index in [-0.39, 0.29) is 12.1 Å². The van der Waals surface area contributed by atoms with E-state index in [9.17, 15) is 48.7 Å². The zero-order valence-corrected chi connectivity index (χ0v) is 17.5. The van der Waals surface area contributed by atoms with Gasteiger partial charge in [-0.2, -0.15) is 26.3 Å². The SMILES string of the molecule is O=C(C(c1cc(Cl)c(F)c(Cl)c1F)C(F)(F)F)C(c1cc(Cl)c(F)c(Cl)c1F)C(F)(F)F. The van der Waals surface area contributed by atoms with Gasteiger partial charge in [0, 0.05) is 11.1 Å². The molecule has 2 aromatic rings. The van der Waals surface area contributed by atoms with Crippen molar-refractivity contribution in [2.24, 2.45) is 0 Å². The molecule has 0 saturated carbocycles. The molecule has 0 radical (unpaired) electrons. The van der Waals surface area contributed by atoms with Crippen LogP contribution in [-0.4, -0.2) is 18.1 Å². The molecule has 0 aliphatic rings. The van der Waals surface area contributed by atoms with E-state index in [4.69, 9.17) is 46.4 Å². The Morgan fingerprint density at radius 1 is 0.625 bits per heavy atom. The summed E-state index contributed by atoms with van der Waals surface area (Å²) in [5.74, 6) is -18.7. The first-order valence-electron chi connectivity index (χ1n) is 7.74. The van der Waals surface area contributed by atoms with Crippen molar-refractivity contribution in [2.45, 2.75) is 24.2 Å². The molecule has 0 saturated heterocycles. The molecule has 0 aliphatic heterocycles. The molecule has 2 unspecified atom stereocenters. The number of hydrogen-bond acceptors (Lipinski definition) is 1. The zero-order chi connectivity index (χ0) is 24.9. The smallest absolute Gasteiger partial charge is 0.298 e. The minimum absolute atomic E-state index is 0.0808. The quantitative estimate of drug-likeness (QED) is 0.210. The van der Waals surface area contributed by atoms with Gasteiger partial charge in [0.2, 0.25) is 0 Å². The molecule has 0 aliphatic carbocycles. The van der Waals surface area contributed by atoms with Crippen molar-refractivity contribution in [3.63, 3.8) is 0 Å². The molecule has 2 rings (SSSR count). The molecule has 176 valence electrons. The first kappa shape index (κ1) is 26.8. The summed E-state index contributed by atoms with van der Waals surface area (Å²) in [7, 11) is 0. The van der Waals surface area contributed by atoms with Gasteiger partial charge >= 0.3 is 12.4 Å². The molecule has 15 heteroatoms. The maximum Gasteiger partial charge on any atom is 0.402 e. The summed E-state index contributed by atoms with van der Waals surface area (Å²) in [4.78, 5) is 12.5. The number of hydrogen-bond donors (Lipinski definition) is 0. The second-order valence-electron chi connectivity index (χ2n) is 6.13. The van der Waals surface area contributed by atoms with E-state index < -0.39 is 84.5 Å². The van der Waals surface area contributed by atoms with Gasteiger partial charge in [0.1, 0.15) is 33.5 Å². The Bertz CT molecular complexity index is 997. The molecule has 0 fully saturated rings. The molecule has 0 aromatic heterocycles. The van der Waals surface area contributed by atoms with E-state index in [0.717, 1.165) is 0 Å². The van der Waals surface area contributed by atoms with Gasteiger partial charge in [-0.1, -0.05) is 46.4 Å². The Hall–Kier alpha value is -1.43. The first-order valence-corrected chi connectivity index (χ1v) is 9.25. The Morgan fingerprint density at radius 2 is 0.906 bits per heavy atom. The predicted molar refractivity (Wildman–Crippen MR) is 95.4 cm³/mol. The summed E-state index contributed by atoms with van der Waals surface area (Å²) in [6.07, 6.45) is -11.8. The van der Waals surface area contributed by atoms with Crippen molar-refractivity contribution in [1.82, 2.24) is 0 Å². The fourth-order valence-corrected chi connectivity index (χ4v) is 3.69. The van der Waals surface area contributed by atoms with Crippen LogP contribution >= 0.6 is 46.4 Å². The van der Waals surface area contributed by atoms with Gasteiger partial charge in [-0.05, 0) is 12.1 Å². The lowest BCUT2D eigenvalue weighted by molar-refractivity contribution is -0.184. The van der Waals surface area contributed by atoms with Crippen molar-refractivity contribution < 1.29 is 48.7 Å². The van der Waals surface area contributed by atoms with Crippen LogP contribution in [0.4, 0.5) is 43.9 Å². The van der Waals surface area contributed by atoms with Gasteiger partial charge in [0.15, 0.2) is 17.4 Å². The average Bonchev–Trinajstić information content (AvgIpc) is 2.64. The minimum atomic E-state index is -5.92. The molecule has 0 amide bonds. The maximum atomic E-state index is 14.3. The first-order chi connectivity index (χ1) is 14.4. The topological polar surface area (TPSA) is 17.1 Å². The second kappa shape index (κ2) is 9.08. The maximum absolute atomic E-state index is 14.3. The van der Waals surface area contributed by atoms with Crippen molar-refractivity contribution in [3.8, 4) is 0 Å². The number of Topliss-reactive ketones (excluding diaryl/α,β-unsaturated/α-hetero) is 1. The van der Waals surface area contributed by atoms with E-state index in [1.165, 1.54) is 0 Å². The van der Waals surface area contributed by atoms with Gasteiger partial charge < -0.3 is 0 Å². The highest BCUT2D eigenvalue weighted by molar-refractivity contribution is 6.35. The Balaban J connectivity index is 2.85. The highest BCUT2D eigenvalue weighted by atomic mass is 35.5. The van der Waals surface area contributed by atoms with Gasteiger partial charge in [-0.25, -0.2) is 17.6 Å². The summed E-state index contributed by atoms with van der Waals surface area (Å²) in [6, 6.07) is -0.162. The van der Waals surface area contributed by atoms with E-state index in [1.807, 2.05) is 0 Å². The summed E-state index contributed by atoms with van der Waals surface area (Å²) < 4.78 is 138. The number of ketones is 1. The number of carbonyl (C=O) groups is 1. The van der Waals surface area contributed by atoms with Crippen LogP contribution in [0, 0.1) is 23.3 Å². The Morgan fingerprint density at radius 3 is 1.16 bits per heavy atom. The molecule has 0 N–H and O–H groups in total. The van der Waals surface area contributed by atoms with Crippen LogP contribution in [0.15, 0.2) is 12.1 Å². The van der Waals surface area contributed by atoms with Crippen molar-refractivity contribution >= 4 is 52.2 Å². The lowest BCUT2D eigenvalue weighted by atomic mass is 9.82. The number of rotatable bonds is 4. The predicted octanol–water partition coefficient (Wildman–Crippen LogP) is 8.42. The Kier molecular flexibility index (Phi) is 7.61. The zero-order valence-electron chi connectivity index (χ0n) is 14.5. The van der Waals surface area contributed by atoms with Crippen LogP contribution in [0.5, 0.6) is 0 Å². The van der Waals surface area contributed by atoms with Gasteiger partial charge in [0.05, 0.1) is 10.0 Å². The van der Waals surface area contributed by atoms with Gasteiger partial charge in [0.25, 0.3) is 0 Å². The van der Waals surface area contributed by atoms with Crippen LogP contribution in [-0.2, 0) is 4.79 Å². The van der Waals surface area contributed by atoms with Crippen LogP contribution < -0.4 is 0 Å². The van der Waals surface area contributed by atoms with Gasteiger partial charge in [-0.3, -0.25) is 4.79 Å². The van der Waals surface area contributed by atoms with Crippen molar-refractivity contribution in [2.75, 3.05) is 0 Å². The van der Waals surface area contributed by atoms with E-state index >= 15 is 0 Å². The summed E-state index contributed by atoms with van der Waals surface area (Å²) in [5.41, 5.74) is -3.71. The van der Waals surface area contributed by atoms with E-state index in [0.29, 0.717) is 0 Å². The lowest BCUT2D eigenvalue weighted by Gasteiger charge is -2.27. The summed E-state index contributed by atoms with van der Waals surface area (Å²) in [6.45, 7) is 0. The van der Waals surface area contributed by atoms with E-state index in [2.05, 4.69) is 0 Å². The van der Waals surface area contributed by atoms with Crippen LogP contribution in [0.1, 0.15) is 23.0 Å². The van der Waals surface area contributed by atoms with Gasteiger partial charge in [-0.15, -0.1) is 0 Å². The third kappa shape index (κ3) is 4.90. The summed E-state index contributed by atoms with van der Waals surface area (Å²) in [5, 5.41) is -5.73. The number of benzene rings is 2. The molecule has 0 heterocycles. The molecule has 0 spiro atoms. The van der Waals surface area contributed by atoms with Crippen molar-refractivity contribution in [3.05, 3.63) is 66.6 Å². The van der Waals surface area contributed by atoms with Crippen molar-refractivity contribution in [1.29, 1.82) is 0 Å². The fourth-order valence-electron chi connectivity index (χ4n) is 2.75.